The number of nitrogens with two attached hydrogens (primary N) is 1. The summed E-state index contributed by atoms with van der Waals surface area (Å²) in [7, 11) is 0. The Bertz CT molecular complexity index is 312. The molecule has 19 heavy (non-hydrogen) atoms. The van der Waals surface area contributed by atoms with Gasteiger partial charge in [0.2, 0.25) is 5.91 Å². The van der Waals surface area contributed by atoms with Crippen LogP contribution in [0.4, 0.5) is 0 Å². The van der Waals surface area contributed by atoms with E-state index in [0.717, 1.165) is 39.0 Å². The molecule has 2 N–H and O–H groups in total. The third kappa shape index (κ3) is 3.68. The molecule has 0 saturated carbocycles. The van der Waals surface area contributed by atoms with Crippen molar-refractivity contribution in [2.75, 3.05) is 26.2 Å². The van der Waals surface area contributed by atoms with Gasteiger partial charge in [-0.05, 0) is 33.6 Å². The number of rotatable bonds is 3. The zero-order valence-electron chi connectivity index (χ0n) is 12.3. The number of morpholine rings is 1. The summed E-state index contributed by atoms with van der Waals surface area (Å²) in [6.07, 6.45) is 2.75. The maximum atomic E-state index is 12.1. The second-order valence-corrected chi connectivity index (χ2v) is 6.09. The average molecular weight is 269 g/mol. The zero-order valence-corrected chi connectivity index (χ0v) is 12.3. The van der Waals surface area contributed by atoms with E-state index in [1.807, 2.05) is 4.90 Å². The minimum atomic E-state index is -0.386. The molecule has 0 aromatic carbocycles. The molecule has 5 nitrogen and oxygen atoms in total. The number of likely N-dealkylation sites (tertiary alicyclic amines) is 1. The highest BCUT2D eigenvalue weighted by molar-refractivity contribution is 5.81. The lowest BCUT2D eigenvalue weighted by Crippen LogP contribution is -2.52. The summed E-state index contributed by atoms with van der Waals surface area (Å²) in [4.78, 5) is 16.5. The van der Waals surface area contributed by atoms with Crippen LogP contribution in [-0.2, 0) is 9.53 Å². The number of amides is 1. The first-order valence-corrected chi connectivity index (χ1v) is 7.41. The van der Waals surface area contributed by atoms with Gasteiger partial charge in [0.15, 0.2) is 0 Å². The molecule has 2 heterocycles. The van der Waals surface area contributed by atoms with Crippen molar-refractivity contribution in [2.24, 2.45) is 5.73 Å². The third-order valence-corrected chi connectivity index (χ3v) is 4.01. The summed E-state index contributed by atoms with van der Waals surface area (Å²) in [5.41, 5.74) is 5.73. The molecular weight excluding hydrogens is 242 g/mol. The summed E-state index contributed by atoms with van der Waals surface area (Å²) in [6, 6.07) is -0.0564. The lowest BCUT2D eigenvalue weighted by atomic mass is 10.1. The largest absolute Gasteiger partial charge is 0.373 e. The van der Waals surface area contributed by atoms with Crippen molar-refractivity contribution in [1.29, 1.82) is 0 Å². The maximum absolute atomic E-state index is 12.1. The second kappa shape index (κ2) is 6.20. The van der Waals surface area contributed by atoms with Gasteiger partial charge in [-0.1, -0.05) is 0 Å². The molecule has 2 rings (SSSR count). The lowest BCUT2D eigenvalue weighted by Gasteiger charge is -2.38. The van der Waals surface area contributed by atoms with Gasteiger partial charge in [0.25, 0.3) is 0 Å². The van der Waals surface area contributed by atoms with Gasteiger partial charge < -0.3 is 15.4 Å². The maximum Gasteiger partial charge on any atom is 0.239 e. The van der Waals surface area contributed by atoms with Crippen LogP contribution in [0.1, 0.15) is 33.6 Å². The molecule has 110 valence electrons. The molecule has 4 atom stereocenters. The number of hydrogen-bond donors (Lipinski definition) is 1. The smallest absolute Gasteiger partial charge is 0.239 e. The van der Waals surface area contributed by atoms with Crippen LogP contribution in [0.5, 0.6) is 0 Å². The topological polar surface area (TPSA) is 58.8 Å². The Morgan fingerprint density at radius 1 is 1.37 bits per heavy atom. The highest BCUT2D eigenvalue weighted by Crippen LogP contribution is 2.21. The number of ether oxygens (including phenoxy) is 1. The van der Waals surface area contributed by atoms with Gasteiger partial charge in [0.1, 0.15) is 0 Å². The fourth-order valence-corrected chi connectivity index (χ4v) is 3.31. The number of hydrogen-bond acceptors (Lipinski definition) is 4. The van der Waals surface area contributed by atoms with E-state index in [-0.39, 0.29) is 24.2 Å². The van der Waals surface area contributed by atoms with Crippen molar-refractivity contribution in [3.05, 3.63) is 0 Å². The third-order valence-electron chi connectivity index (χ3n) is 4.01. The fourth-order valence-electron chi connectivity index (χ4n) is 3.31. The molecule has 0 aromatic heterocycles. The number of nitrogens with zero attached hydrogens (tertiary/aromatic N) is 2. The van der Waals surface area contributed by atoms with Crippen molar-refractivity contribution in [3.63, 3.8) is 0 Å². The van der Waals surface area contributed by atoms with E-state index in [2.05, 4.69) is 18.7 Å². The van der Waals surface area contributed by atoms with Crippen LogP contribution >= 0.6 is 0 Å². The van der Waals surface area contributed by atoms with Crippen molar-refractivity contribution in [3.8, 4) is 0 Å². The molecule has 2 saturated heterocycles. The van der Waals surface area contributed by atoms with E-state index in [1.54, 1.807) is 6.92 Å². The first-order chi connectivity index (χ1) is 8.97. The lowest BCUT2D eigenvalue weighted by molar-refractivity contribution is -0.134. The Morgan fingerprint density at radius 2 is 2.00 bits per heavy atom. The summed E-state index contributed by atoms with van der Waals surface area (Å²) in [5.74, 6) is 0.0943. The second-order valence-electron chi connectivity index (χ2n) is 6.09. The molecule has 3 unspecified atom stereocenters. The molecule has 0 aliphatic carbocycles. The molecular formula is C14H27N3O2. The van der Waals surface area contributed by atoms with Crippen LogP contribution in [0.15, 0.2) is 0 Å². The Labute approximate surface area is 116 Å². The monoisotopic (exact) mass is 269 g/mol. The molecule has 2 fully saturated rings. The molecule has 2 aliphatic heterocycles. The van der Waals surface area contributed by atoms with Gasteiger partial charge in [-0.3, -0.25) is 9.69 Å². The fraction of sp³-hybridized carbons (Fsp3) is 0.929. The predicted octanol–water partition coefficient (Wildman–Crippen LogP) is 0.434. The van der Waals surface area contributed by atoms with Crippen molar-refractivity contribution in [2.45, 2.75) is 57.9 Å². The summed E-state index contributed by atoms with van der Waals surface area (Å²) in [5, 5.41) is 0. The SMILES string of the molecule is CC1CN(CC2CCCN2C(=O)[C@@H](C)N)CC(C)O1. The van der Waals surface area contributed by atoms with E-state index in [4.69, 9.17) is 10.5 Å². The summed E-state index contributed by atoms with van der Waals surface area (Å²) < 4.78 is 5.75. The predicted molar refractivity (Wildman–Crippen MR) is 74.8 cm³/mol. The molecule has 0 aromatic rings. The van der Waals surface area contributed by atoms with Crippen molar-refractivity contribution in [1.82, 2.24) is 9.80 Å². The van der Waals surface area contributed by atoms with Gasteiger partial charge in [-0.15, -0.1) is 0 Å². The van der Waals surface area contributed by atoms with E-state index < -0.39 is 0 Å². The molecule has 2 aliphatic rings. The normalized spacial score (nSPS) is 34.5. The highest BCUT2D eigenvalue weighted by Gasteiger charge is 2.33. The van der Waals surface area contributed by atoms with Crippen LogP contribution in [0.2, 0.25) is 0 Å². The van der Waals surface area contributed by atoms with Crippen molar-refractivity contribution < 1.29 is 9.53 Å². The van der Waals surface area contributed by atoms with Crippen LogP contribution in [0, 0.1) is 0 Å². The van der Waals surface area contributed by atoms with Crippen LogP contribution < -0.4 is 5.73 Å². The summed E-state index contributed by atoms with van der Waals surface area (Å²) in [6.45, 7) is 9.74. The molecule has 1 amide bonds. The zero-order chi connectivity index (χ0) is 14.0. The van der Waals surface area contributed by atoms with Gasteiger partial charge >= 0.3 is 0 Å². The minimum Gasteiger partial charge on any atom is -0.373 e. The molecule has 5 heteroatoms. The quantitative estimate of drug-likeness (QED) is 0.807. The van der Waals surface area contributed by atoms with Crippen molar-refractivity contribution >= 4 is 5.91 Å². The van der Waals surface area contributed by atoms with E-state index >= 15 is 0 Å². The van der Waals surface area contributed by atoms with E-state index in [1.165, 1.54) is 0 Å². The minimum absolute atomic E-state index is 0.0943. The highest BCUT2D eigenvalue weighted by atomic mass is 16.5. The Hall–Kier alpha value is -0.650. The van der Waals surface area contributed by atoms with Crippen LogP contribution in [0.3, 0.4) is 0 Å². The van der Waals surface area contributed by atoms with E-state index in [0.29, 0.717) is 6.04 Å². The Morgan fingerprint density at radius 3 is 2.58 bits per heavy atom. The average Bonchev–Trinajstić information content (AvgIpc) is 2.74. The van der Waals surface area contributed by atoms with E-state index in [9.17, 15) is 4.79 Å². The van der Waals surface area contributed by atoms with Gasteiger partial charge in [0.05, 0.1) is 18.2 Å². The van der Waals surface area contributed by atoms with Crippen LogP contribution in [0.25, 0.3) is 0 Å². The molecule has 0 bridgehead atoms. The molecule has 0 radical (unpaired) electrons. The van der Waals surface area contributed by atoms with Gasteiger partial charge in [-0.2, -0.15) is 0 Å². The first kappa shape index (κ1) is 14.8. The first-order valence-electron chi connectivity index (χ1n) is 7.41. The number of carbonyl (C=O) groups is 1. The summed E-state index contributed by atoms with van der Waals surface area (Å²) >= 11 is 0. The molecule has 0 spiro atoms. The standard InChI is InChI=1S/C14H27N3O2/c1-10-7-16(8-11(2)19-10)9-13-5-4-6-17(13)14(18)12(3)15/h10-13H,4-9,15H2,1-3H3/t10?,11?,12-,13?/m1/s1. The van der Waals surface area contributed by atoms with Gasteiger partial charge in [0, 0.05) is 32.2 Å². The van der Waals surface area contributed by atoms with Gasteiger partial charge in [-0.25, -0.2) is 0 Å². The van der Waals surface area contributed by atoms with Crippen LogP contribution in [-0.4, -0.2) is 66.2 Å². The Balaban J connectivity index is 1.92. The number of carbonyl (C=O) groups excluding carboxylic acids is 1. The Kier molecular flexibility index (Phi) is 4.81.